The van der Waals surface area contributed by atoms with Crippen molar-refractivity contribution in [1.82, 2.24) is 20.5 Å². The molecule has 4 rings (SSSR count). The maximum absolute atomic E-state index is 12.8. The van der Waals surface area contributed by atoms with E-state index in [1.165, 1.54) is 0 Å². The second kappa shape index (κ2) is 6.44. The van der Waals surface area contributed by atoms with Crippen LogP contribution in [0.5, 0.6) is 0 Å². The highest BCUT2D eigenvalue weighted by Crippen LogP contribution is 2.49. The number of fused-ring (bicyclic) bond motifs is 1. The topological polar surface area (TPSA) is 53.6 Å². The number of nitrogens with one attached hydrogen (secondary N) is 2. The minimum absolute atomic E-state index is 0.359. The second-order valence-corrected chi connectivity index (χ2v) is 7.70. The molecule has 0 amide bonds. The maximum Gasteiger partial charge on any atom is 0.417 e. The smallest absolute Gasteiger partial charge is 0.316 e. The molecule has 1 spiro atoms. The zero-order chi connectivity index (χ0) is 19.2. The van der Waals surface area contributed by atoms with Crippen LogP contribution in [0.4, 0.5) is 22.0 Å². The minimum atomic E-state index is -4.37. The summed E-state index contributed by atoms with van der Waals surface area (Å²) in [5.41, 5.74) is 0.884. The number of aromatic amines is 1. The van der Waals surface area contributed by atoms with Crippen molar-refractivity contribution < 1.29 is 22.0 Å². The SMILES string of the molecule is CC(C)(F)F.FC(F)(F)c1cnc2n[nH]c(CC3CC4(CNC4)C3)c2c1. The Hall–Kier alpha value is -1.77. The van der Waals surface area contributed by atoms with Gasteiger partial charge in [0, 0.05) is 30.4 Å². The molecule has 3 heterocycles. The van der Waals surface area contributed by atoms with Gasteiger partial charge in [-0.05, 0) is 50.5 Å². The van der Waals surface area contributed by atoms with Gasteiger partial charge >= 0.3 is 6.18 Å². The molecule has 0 bridgehead atoms. The number of alkyl halides is 5. The third-order valence-corrected chi connectivity index (χ3v) is 4.75. The molecule has 1 aliphatic carbocycles. The van der Waals surface area contributed by atoms with Crippen LogP contribution < -0.4 is 5.32 Å². The van der Waals surface area contributed by atoms with Crippen molar-refractivity contribution in [2.75, 3.05) is 13.1 Å². The highest BCUT2D eigenvalue weighted by molar-refractivity contribution is 5.78. The van der Waals surface area contributed by atoms with E-state index in [-0.39, 0.29) is 0 Å². The summed E-state index contributed by atoms with van der Waals surface area (Å²) >= 11 is 0. The van der Waals surface area contributed by atoms with Gasteiger partial charge in [-0.3, -0.25) is 5.10 Å². The van der Waals surface area contributed by atoms with E-state index < -0.39 is 17.7 Å². The average molecular weight is 376 g/mol. The summed E-state index contributed by atoms with van der Waals surface area (Å²) in [6, 6.07) is 1.15. The molecule has 2 N–H and O–H groups in total. The lowest BCUT2D eigenvalue weighted by atomic mass is 9.57. The molecule has 26 heavy (non-hydrogen) atoms. The van der Waals surface area contributed by atoms with Crippen LogP contribution in [0.1, 0.15) is 37.9 Å². The van der Waals surface area contributed by atoms with E-state index in [0.29, 0.717) is 22.4 Å². The third kappa shape index (κ3) is 4.31. The Morgan fingerprint density at radius 3 is 2.27 bits per heavy atom. The van der Waals surface area contributed by atoms with E-state index in [2.05, 4.69) is 20.5 Å². The standard InChI is InChI=1S/C14H15F3N4.C3H6F2/c15-14(16,17)9-2-10-11(20-21-12(10)19-5-9)1-8-3-13(4-8)6-18-7-13;1-3(2,4)5/h2,5,8,18H,1,3-4,6-7H2,(H,19,20,21);1-2H3. The van der Waals surface area contributed by atoms with Crippen LogP contribution in [0.15, 0.2) is 12.3 Å². The zero-order valence-electron chi connectivity index (χ0n) is 14.6. The normalized spacial score (nSPS) is 19.7. The van der Waals surface area contributed by atoms with Crippen LogP contribution >= 0.6 is 0 Å². The van der Waals surface area contributed by atoms with Gasteiger partial charge in [0.2, 0.25) is 5.92 Å². The predicted octanol–water partition coefficient (Wildman–Crippen LogP) is 4.18. The molecule has 1 aliphatic heterocycles. The number of halogens is 5. The van der Waals surface area contributed by atoms with Gasteiger partial charge in [0.05, 0.1) is 5.56 Å². The van der Waals surface area contributed by atoms with Gasteiger partial charge in [0.15, 0.2) is 5.65 Å². The summed E-state index contributed by atoms with van der Waals surface area (Å²) in [6.45, 7) is 3.86. The molecular weight excluding hydrogens is 355 g/mol. The van der Waals surface area contributed by atoms with Crippen LogP contribution in [0, 0.1) is 11.3 Å². The van der Waals surface area contributed by atoms with E-state index in [1.54, 1.807) is 0 Å². The number of H-pyrrole nitrogens is 1. The van der Waals surface area contributed by atoms with Gasteiger partial charge in [-0.2, -0.15) is 18.3 Å². The van der Waals surface area contributed by atoms with Crippen LogP contribution in [0.25, 0.3) is 11.0 Å². The zero-order valence-corrected chi connectivity index (χ0v) is 14.6. The van der Waals surface area contributed by atoms with E-state index in [0.717, 1.165) is 64.2 Å². The van der Waals surface area contributed by atoms with Crippen molar-refractivity contribution in [3.05, 3.63) is 23.5 Å². The molecule has 2 aromatic heterocycles. The molecule has 9 heteroatoms. The van der Waals surface area contributed by atoms with E-state index in [4.69, 9.17) is 0 Å². The lowest BCUT2D eigenvalue weighted by Crippen LogP contribution is -2.60. The van der Waals surface area contributed by atoms with Crippen molar-refractivity contribution in [3.63, 3.8) is 0 Å². The van der Waals surface area contributed by atoms with Gasteiger partial charge in [-0.1, -0.05) is 0 Å². The molecule has 144 valence electrons. The lowest BCUT2D eigenvalue weighted by molar-refractivity contribution is -0.137. The molecule has 0 atom stereocenters. The van der Waals surface area contributed by atoms with Gasteiger partial charge in [0.1, 0.15) is 0 Å². The quantitative estimate of drug-likeness (QED) is 0.773. The fourth-order valence-corrected chi connectivity index (χ4v) is 3.63. The van der Waals surface area contributed by atoms with Gasteiger partial charge in [-0.25, -0.2) is 13.8 Å². The minimum Gasteiger partial charge on any atom is -0.316 e. The molecule has 1 saturated heterocycles. The Balaban J connectivity index is 0.000000349. The fourth-order valence-electron chi connectivity index (χ4n) is 3.63. The van der Waals surface area contributed by atoms with Gasteiger partial charge in [0.25, 0.3) is 0 Å². The first-order chi connectivity index (χ1) is 12.0. The van der Waals surface area contributed by atoms with Crippen molar-refractivity contribution in [2.45, 2.75) is 45.2 Å². The van der Waals surface area contributed by atoms with Crippen molar-refractivity contribution in [2.24, 2.45) is 11.3 Å². The molecule has 4 nitrogen and oxygen atoms in total. The number of pyridine rings is 1. The number of rotatable bonds is 2. The van der Waals surface area contributed by atoms with Crippen LogP contribution in [-0.2, 0) is 12.6 Å². The molecule has 2 aromatic rings. The van der Waals surface area contributed by atoms with Gasteiger partial charge < -0.3 is 5.32 Å². The van der Waals surface area contributed by atoms with E-state index in [9.17, 15) is 22.0 Å². The first-order valence-corrected chi connectivity index (χ1v) is 8.44. The Labute approximate surface area is 147 Å². The van der Waals surface area contributed by atoms with Crippen LogP contribution in [0.3, 0.4) is 0 Å². The molecule has 2 aliphatic rings. The Morgan fingerprint density at radius 1 is 1.15 bits per heavy atom. The monoisotopic (exact) mass is 376 g/mol. The fraction of sp³-hybridized carbons (Fsp3) is 0.647. The Morgan fingerprint density at radius 2 is 1.77 bits per heavy atom. The number of aromatic nitrogens is 3. The predicted molar refractivity (Wildman–Crippen MR) is 86.9 cm³/mol. The first-order valence-electron chi connectivity index (χ1n) is 8.44. The summed E-state index contributed by atoms with van der Waals surface area (Å²) in [4.78, 5) is 3.80. The summed E-state index contributed by atoms with van der Waals surface area (Å²) < 4.78 is 60.4. The maximum atomic E-state index is 12.8. The van der Waals surface area contributed by atoms with Crippen molar-refractivity contribution in [1.29, 1.82) is 0 Å². The molecule has 1 saturated carbocycles. The summed E-state index contributed by atoms with van der Waals surface area (Å²) in [5.74, 6) is -1.97. The highest BCUT2D eigenvalue weighted by Gasteiger charge is 2.48. The third-order valence-electron chi connectivity index (χ3n) is 4.75. The van der Waals surface area contributed by atoms with Crippen molar-refractivity contribution in [3.8, 4) is 0 Å². The number of hydrogen-bond donors (Lipinski definition) is 2. The second-order valence-electron chi connectivity index (χ2n) is 7.70. The Bertz CT molecular complexity index is 760. The largest absolute Gasteiger partial charge is 0.417 e. The first kappa shape index (κ1) is 19.0. The number of hydrogen-bond acceptors (Lipinski definition) is 3. The highest BCUT2D eigenvalue weighted by atomic mass is 19.4. The summed E-state index contributed by atoms with van der Waals surface area (Å²) in [7, 11) is 0. The van der Waals surface area contributed by atoms with Crippen LogP contribution in [-0.4, -0.2) is 34.2 Å². The van der Waals surface area contributed by atoms with Crippen LogP contribution in [0.2, 0.25) is 0 Å². The molecule has 0 unspecified atom stereocenters. The molecular formula is C17H21F5N4. The van der Waals surface area contributed by atoms with E-state index >= 15 is 0 Å². The van der Waals surface area contributed by atoms with Crippen molar-refractivity contribution >= 4 is 11.0 Å². The summed E-state index contributed by atoms with van der Waals surface area (Å²) in [5, 5.41) is 10.6. The molecule has 0 aromatic carbocycles. The van der Waals surface area contributed by atoms with Gasteiger partial charge in [-0.15, -0.1) is 0 Å². The number of nitrogens with zero attached hydrogens (tertiary/aromatic N) is 2. The molecule has 2 fully saturated rings. The average Bonchev–Trinajstić information content (AvgIpc) is 2.79. The lowest BCUT2D eigenvalue weighted by Gasteiger charge is -2.54. The Kier molecular flexibility index (Phi) is 4.71. The van der Waals surface area contributed by atoms with E-state index in [1.807, 2.05) is 0 Å². The molecule has 0 radical (unpaired) electrons. The summed E-state index contributed by atoms with van der Waals surface area (Å²) in [6.07, 6.45) is -0.486.